The molecule has 1 N–H and O–H groups in total. The van der Waals surface area contributed by atoms with E-state index in [-0.39, 0.29) is 11.3 Å². The van der Waals surface area contributed by atoms with Crippen LogP contribution in [0, 0.1) is 5.41 Å². The number of rotatable bonds is 5. The minimum atomic E-state index is -0.350. The molecule has 0 spiro atoms. The first-order valence-electron chi connectivity index (χ1n) is 9.19. The van der Waals surface area contributed by atoms with Crippen molar-refractivity contribution < 1.29 is 4.79 Å². The number of amides is 1. The molecule has 4 rings (SSSR count). The molecule has 1 saturated carbocycles. The molecule has 0 aliphatic heterocycles. The molecule has 1 fully saturated rings. The van der Waals surface area contributed by atoms with Crippen molar-refractivity contribution in [3.63, 3.8) is 0 Å². The zero-order valence-electron chi connectivity index (χ0n) is 15.6. The lowest BCUT2D eigenvalue weighted by Gasteiger charge is -2.31. The minimum absolute atomic E-state index is 0.187. The van der Waals surface area contributed by atoms with E-state index < -0.39 is 0 Å². The molecule has 3 aromatic rings. The number of pyridine rings is 1. The largest absolute Gasteiger partial charge is 0.368 e. The quantitative estimate of drug-likeness (QED) is 0.746. The summed E-state index contributed by atoms with van der Waals surface area (Å²) in [5.74, 6) is 1.47. The molecule has 140 valence electrons. The molecule has 8 heteroatoms. The zero-order valence-corrected chi connectivity index (χ0v) is 15.6. The molecular weight excluding hydrogens is 342 g/mol. The van der Waals surface area contributed by atoms with E-state index in [2.05, 4.69) is 25.6 Å². The molecule has 0 aromatic carbocycles. The SMILES string of the molecule is CN(C)C(=O)C1(CNc2ccc3nnc(-c4ccccn4)n3n2)CCCC1. The number of aromatic nitrogens is 5. The Hall–Kier alpha value is -3.03. The number of nitrogens with zero attached hydrogens (tertiary/aromatic N) is 6. The van der Waals surface area contributed by atoms with Crippen molar-refractivity contribution in [2.75, 3.05) is 26.0 Å². The van der Waals surface area contributed by atoms with E-state index in [0.29, 0.717) is 29.5 Å². The number of hydrogen-bond acceptors (Lipinski definition) is 6. The highest BCUT2D eigenvalue weighted by molar-refractivity contribution is 5.83. The highest BCUT2D eigenvalue weighted by atomic mass is 16.2. The third kappa shape index (κ3) is 3.22. The summed E-state index contributed by atoms with van der Waals surface area (Å²) in [4.78, 5) is 18.8. The number of hydrogen-bond donors (Lipinski definition) is 1. The smallest absolute Gasteiger partial charge is 0.230 e. The zero-order chi connectivity index (χ0) is 18.9. The van der Waals surface area contributed by atoms with Gasteiger partial charge in [0, 0.05) is 26.8 Å². The van der Waals surface area contributed by atoms with E-state index in [1.807, 2.05) is 44.4 Å². The van der Waals surface area contributed by atoms with E-state index in [1.54, 1.807) is 15.6 Å². The first-order chi connectivity index (χ1) is 13.1. The van der Waals surface area contributed by atoms with Gasteiger partial charge in [0.15, 0.2) is 5.65 Å². The fourth-order valence-electron chi connectivity index (χ4n) is 3.79. The molecular formula is C19H23N7O. The summed E-state index contributed by atoms with van der Waals surface area (Å²) >= 11 is 0. The Balaban J connectivity index is 1.60. The number of carbonyl (C=O) groups excluding carboxylic acids is 1. The summed E-state index contributed by atoms with van der Waals surface area (Å²) < 4.78 is 1.68. The van der Waals surface area contributed by atoms with Gasteiger partial charge in [-0.05, 0) is 37.1 Å². The van der Waals surface area contributed by atoms with Gasteiger partial charge in [0.1, 0.15) is 11.5 Å². The molecule has 8 nitrogen and oxygen atoms in total. The maximum atomic E-state index is 12.7. The van der Waals surface area contributed by atoms with Crippen LogP contribution in [-0.4, -0.2) is 56.2 Å². The number of fused-ring (bicyclic) bond motifs is 1. The molecule has 27 heavy (non-hydrogen) atoms. The maximum absolute atomic E-state index is 12.7. The summed E-state index contributed by atoms with van der Waals surface area (Å²) in [6.07, 6.45) is 5.71. The van der Waals surface area contributed by atoms with Crippen LogP contribution in [0.3, 0.4) is 0 Å². The molecule has 0 bridgehead atoms. The van der Waals surface area contributed by atoms with Crippen molar-refractivity contribution in [3.05, 3.63) is 36.5 Å². The molecule has 0 atom stereocenters. The van der Waals surface area contributed by atoms with Gasteiger partial charge in [-0.15, -0.1) is 15.3 Å². The Morgan fingerprint density at radius 1 is 1.19 bits per heavy atom. The lowest BCUT2D eigenvalue weighted by Crippen LogP contribution is -2.43. The van der Waals surface area contributed by atoms with Gasteiger partial charge < -0.3 is 10.2 Å². The molecule has 3 heterocycles. The van der Waals surface area contributed by atoms with Gasteiger partial charge in [-0.1, -0.05) is 18.9 Å². The average Bonchev–Trinajstić information content (AvgIpc) is 3.34. The summed E-state index contributed by atoms with van der Waals surface area (Å²) in [5, 5.41) is 16.4. The van der Waals surface area contributed by atoms with E-state index in [4.69, 9.17) is 0 Å². The van der Waals surface area contributed by atoms with Crippen LogP contribution in [0.2, 0.25) is 0 Å². The van der Waals surface area contributed by atoms with Gasteiger partial charge >= 0.3 is 0 Å². The predicted octanol–water partition coefficient (Wildman–Crippen LogP) is 2.25. The van der Waals surface area contributed by atoms with Crippen molar-refractivity contribution in [1.82, 2.24) is 29.7 Å². The molecule has 0 radical (unpaired) electrons. The van der Waals surface area contributed by atoms with Gasteiger partial charge in [0.05, 0.1) is 5.41 Å². The lowest BCUT2D eigenvalue weighted by atomic mass is 9.84. The van der Waals surface area contributed by atoms with Gasteiger partial charge in [0.25, 0.3) is 0 Å². The second-order valence-electron chi connectivity index (χ2n) is 7.27. The first-order valence-corrected chi connectivity index (χ1v) is 9.19. The molecule has 0 unspecified atom stereocenters. The molecule has 1 aliphatic carbocycles. The van der Waals surface area contributed by atoms with Crippen LogP contribution in [0.4, 0.5) is 5.82 Å². The van der Waals surface area contributed by atoms with Crippen molar-refractivity contribution in [3.8, 4) is 11.5 Å². The van der Waals surface area contributed by atoms with Gasteiger partial charge in [0.2, 0.25) is 11.7 Å². The van der Waals surface area contributed by atoms with Gasteiger partial charge in [-0.3, -0.25) is 9.78 Å². The summed E-state index contributed by atoms with van der Waals surface area (Å²) in [6, 6.07) is 9.37. The van der Waals surface area contributed by atoms with Crippen LogP contribution in [0.1, 0.15) is 25.7 Å². The van der Waals surface area contributed by atoms with Crippen LogP contribution in [0.25, 0.3) is 17.2 Å². The van der Waals surface area contributed by atoms with Crippen LogP contribution >= 0.6 is 0 Å². The topological polar surface area (TPSA) is 88.3 Å². The Labute approximate surface area is 157 Å². The second-order valence-corrected chi connectivity index (χ2v) is 7.27. The van der Waals surface area contributed by atoms with Crippen LogP contribution in [0.5, 0.6) is 0 Å². The van der Waals surface area contributed by atoms with Gasteiger partial charge in [-0.2, -0.15) is 4.52 Å². The second kappa shape index (κ2) is 6.94. The monoisotopic (exact) mass is 365 g/mol. The standard InChI is InChI=1S/C19H23N7O/c1-25(2)18(27)19(10-4-5-11-19)13-21-15-8-9-16-22-23-17(26(16)24-15)14-7-3-6-12-20-14/h3,6-9,12H,4-5,10-11,13H2,1-2H3,(H,21,24). The Morgan fingerprint density at radius 3 is 2.70 bits per heavy atom. The fourth-order valence-corrected chi connectivity index (χ4v) is 3.79. The predicted molar refractivity (Wildman–Crippen MR) is 102 cm³/mol. The third-order valence-electron chi connectivity index (χ3n) is 5.19. The van der Waals surface area contributed by atoms with Crippen molar-refractivity contribution in [2.24, 2.45) is 5.41 Å². The molecule has 0 saturated heterocycles. The van der Waals surface area contributed by atoms with Crippen LogP contribution < -0.4 is 5.32 Å². The fraction of sp³-hybridized carbons (Fsp3) is 0.421. The summed E-state index contributed by atoms with van der Waals surface area (Å²) in [5.41, 5.74) is 1.02. The van der Waals surface area contributed by atoms with Crippen molar-refractivity contribution in [2.45, 2.75) is 25.7 Å². The molecule has 1 aliphatic rings. The maximum Gasteiger partial charge on any atom is 0.230 e. The third-order valence-corrected chi connectivity index (χ3v) is 5.19. The number of anilines is 1. The van der Waals surface area contributed by atoms with E-state index in [9.17, 15) is 4.79 Å². The van der Waals surface area contributed by atoms with Crippen LogP contribution in [-0.2, 0) is 4.79 Å². The minimum Gasteiger partial charge on any atom is -0.368 e. The number of carbonyl (C=O) groups is 1. The van der Waals surface area contributed by atoms with E-state index in [1.165, 1.54) is 0 Å². The first kappa shape index (κ1) is 17.4. The molecule has 1 amide bonds. The van der Waals surface area contributed by atoms with Gasteiger partial charge in [-0.25, -0.2) is 0 Å². The molecule has 3 aromatic heterocycles. The average molecular weight is 365 g/mol. The number of nitrogens with one attached hydrogen (secondary N) is 1. The highest BCUT2D eigenvalue weighted by Crippen LogP contribution is 2.39. The van der Waals surface area contributed by atoms with E-state index in [0.717, 1.165) is 25.7 Å². The Morgan fingerprint density at radius 2 is 2.00 bits per heavy atom. The highest BCUT2D eigenvalue weighted by Gasteiger charge is 2.41. The Kier molecular flexibility index (Phi) is 4.47. The van der Waals surface area contributed by atoms with Crippen molar-refractivity contribution >= 4 is 17.4 Å². The van der Waals surface area contributed by atoms with Crippen molar-refractivity contribution in [1.29, 1.82) is 0 Å². The summed E-state index contributed by atoms with van der Waals surface area (Å²) in [6.45, 7) is 0.573. The summed E-state index contributed by atoms with van der Waals surface area (Å²) in [7, 11) is 3.64. The van der Waals surface area contributed by atoms with E-state index >= 15 is 0 Å². The normalized spacial score (nSPS) is 15.8. The van der Waals surface area contributed by atoms with Crippen LogP contribution in [0.15, 0.2) is 36.5 Å². The lowest BCUT2D eigenvalue weighted by molar-refractivity contribution is -0.138. The Bertz CT molecular complexity index is 945.